The molecule has 0 aromatic heterocycles. The van der Waals surface area contributed by atoms with Crippen molar-refractivity contribution in [2.45, 2.75) is 26.3 Å². The van der Waals surface area contributed by atoms with Crippen LogP contribution in [0.1, 0.15) is 41.3 Å². The lowest BCUT2D eigenvalue weighted by atomic mass is 10.0. The fourth-order valence-electron chi connectivity index (χ4n) is 2.72. The van der Waals surface area contributed by atoms with Crippen molar-refractivity contribution in [1.82, 2.24) is 15.5 Å². The summed E-state index contributed by atoms with van der Waals surface area (Å²) < 4.78 is 5.77. The Balaban J connectivity index is 1.73. The Hall–Kier alpha value is -3.02. The number of nitrogens with one attached hydrogen (secondary N) is 2. The van der Waals surface area contributed by atoms with Gasteiger partial charge in [0.05, 0.1) is 6.54 Å². The van der Waals surface area contributed by atoms with Crippen molar-refractivity contribution in [2.24, 2.45) is 4.99 Å². The van der Waals surface area contributed by atoms with Gasteiger partial charge in [0.2, 0.25) is 0 Å². The van der Waals surface area contributed by atoms with E-state index in [-0.39, 0.29) is 5.91 Å². The second-order valence-corrected chi connectivity index (χ2v) is 7.32. The highest BCUT2D eigenvalue weighted by molar-refractivity contribution is 5.93. The third kappa shape index (κ3) is 7.14. The van der Waals surface area contributed by atoms with Crippen LogP contribution >= 0.6 is 0 Å². The molecule has 0 radical (unpaired) electrons. The molecule has 0 aliphatic carbocycles. The Labute approximate surface area is 174 Å². The van der Waals surface area contributed by atoms with E-state index in [9.17, 15) is 4.79 Å². The molecule has 0 atom stereocenters. The molecule has 0 aliphatic rings. The van der Waals surface area contributed by atoms with Crippen molar-refractivity contribution in [3.05, 3.63) is 65.2 Å². The molecule has 2 aromatic carbocycles. The predicted molar refractivity (Wildman–Crippen MR) is 119 cm³/mol. The average molecular weight is 397 g/mol. The maximum Gasteiger partial charge on any atom is 0.253 e. The molecule has 2 rings (SSSR count). The molecule has 2 N–H and O–H groups in total. The Kier molecular flexibility index (Phi) is 8.52. The van der Waals surface area contributed by atoms with E-state index in [2.05, 4.69) is 41.6 Å². The van der Waals surface area contributed by atoms with Gasteiger partial charge in [0.15, 0.2) is 5.96 Å². The Morgan fingerprint density at radius 3 is 2.24 bits per heavy atom. The molecule has 6 nitrogen and oxygen atoms in total. The smallest absolute Gasteiger partial charge is 0.253 e. The number of carbonyl (C=O) groups excluding carboxylic acids is 1. The Bertz CT molecular complexity index is 797. The standard InChI is InChI=1S/C23H32N4O2/c1-17(2)19-10-12-21(13-11-19)29-15-14-25-23(24-3)26-16-18-6-8-20(9-7-18)22(28)27(4)5/h6-13,17H,14-16H2,1-5H3,(H2,24,25,26). The molecule has 29 heavy (non-hydrogen) atoms. The molecule has 0 saturated heterocycles. The first-order valence-electron chi connectivity index (χ1n) is 9.88. The van der Waals surface area contributed by atoms with Crippen molar-refractivity contribution in [3.8, 4) is 5.75 Å². The van der Waals surface area contributed by atoms with Crippen molar-refractivity contribution >= 4 is 11.9 Å². The van der Waals surface area contributed by atoms with E-state index in [4.69, 9.17) is 4.74 Å². The Morgan fingerprint density at radius 2 is 1.69 bits per heavy atom. The molecule has 156 valence electrons. The number of ether oxygens (including phenoxy) is 1. The van der Waals surface area contributed by atoms with Crippen LogP contribution < -0.4 is 15.4 Å². The van der Waals surface area contributed by atoms with Crippen LogP contribution in [0.25, 0.3) is 0 Å². The summed E-state index contributed by atoms with van der Waals surface area (Å²) >= 11 is 0. The highest BCUT2D eigenvalue weighted by Gasteiger charge is 2.07. The molecule has 1 amide bonds. The molecular weight excluding hydrogens is 364 g/mol. The quantitative estimate of drug-likeness (QED) is 0.408. The summed E-state index contributed by atoms with van der Waals surface area (Å²) in [6, 6.07) is 15.8. The summed E-state index contributed by atoms with van der Waals surface area (Å²) in [5.41, 5.74) is 3.06. The molecular formula is C23H32N4O2. The molecule has 2 aromatic rings. The number of carbonyl (C=O) groups is 1. The largest absolute Gasteiger partial charge is 0.492 e. The second-order valence-electron chi connectivity index (χ2n) is 7.32. The lowest BCUT2D eigenvalue weighted by Crippen LogP contribution is -2.38. The molecule has 0 aliphatic heterocycles. The number of rotatable bonds is 8. The second kappa shape index (κ2) is 11.1. The molecule has 0 spiro atoms. The van der Waals surface area contributed by atoms with E-state index in [1.54, 1.807) is 26.0 Å². The van der Waals surface area contributed by atoms with Crippen LogP contribution in [0.2, 0.25) is 0 Å². The monoisotopic (exact) mass is 396 g/mol. The zero-order valence-corrected chi connectivity index (χ0v) is 18.0. The fraction of sp³-hybridized carbons (Fsp3) is 0.391. The summed E-state index contributed by atoms with van der Waals surface area (Å²) in [6.07, 6.45) is 0. The summed E-state index contributed by atoms with van der Waals surface area (Å²) in [7, 11) is 5.23. The summed E-state index contributed by atoms with van der Waals surface area (Å²) in [6.45, 7) is 6.16. The maximum absolute atomic E-state index is 11.9. The van der Waals surface area contributed by atoms with Crippen LogP contribution in [0.4, 0.5) is 0 Å². The van der Waals surface area contributed by atoms with E-state index in [1.165, 1.54) is 5.56 Å². The maximum atomic E-state index is 11.9. The minimum Gasteiger partial charge on any atom is -0.492 e. The molecule has 0 bridgehead atoms. The predicted octanol–water partition coefficient (Wildman–Crippen LogP) is 3.26. The van der Waals surface area contributed by atoms with Crippen LogP contribution in [0.15, 0.2) is 53.5 Å². The summed E-state index contributed by atoms with van der Waals surface area (Å²) in [5.74, 6) is 2.09. The summed E-state index contributed by atoms with van der Waals surface area (Å²) in [4.78, 5) is 17.7. The van der Waals surface area contributed by atoms with Gasteiger partial charge >= 0.3 is 0 Å². The number of nitrogens with zero attached hydrogens (tertiary/aromatic N) is 2. The lowest BCUT2D eigenvalue weighted by Gasteiger charge is -2.14. The normalized spacial score (nSPS) is 11.3. The molecule has 6 heteroatoms. The first-order valence-corrected chi connectivity index (χ1v) is 9.88. The Morgan fingerprint density at radius 1 is 1.03 bits per heavy atom. The SMILES string of the molecule is CN=C(NCCOc1ccc(C(C)C)cc1)NCc1ccc(C(=O)N(C)C)cc1. The van der Waals surface area contributed by atoms with Crippen LogP contribution in [0.5, 0.6) is 5.75 Å². The van der Waals surface area contributed by atoms with Gasteiger partial charge in [0, 0.05) is 33.3 Å². The summed E-state index contributed by atoms with van der Waals surface area (Å²) in [5, 5.41) is 6.50. The minimum atomic E-state index is 0.000770. The van der Waals surface area contributed by atoms with Crippen molar-refractivity contribution in [3.63, 3.8) is 0 Å². The van der Waals surface area contributed by atoms with Crippen LogP contribution in [0, 0.1) is 0 Å². The van der Waals surface area contributed by atoms with Gasteiger partial charge in [-0.3, -0.25) is 9.79 Å². The number of amides is 1. The first kappa shape index (κ1) is 22.3. The molecule has 0 fully saturated rings. The van der Waals surface area contributed by atoms with E-state index < -0.39 is 0 Å². The van der Waals surface area contributed by atoms with Gasteiger partial charge in [0.25, 0.3) is 5.91 Å². The van der Waals surface area contributed by atoms with Gasteiger partial charge in [-0.05, 0) is 41.3 Å². The third-order valence-electron chi connectivity index (χ3n) is 4.50. The third-order valence-corrected chi connectivity index (χ3v) is 4.50. The van der Waals surface area contributed by atoms with Gasteiger partial charge in [-0.15, -0.1) is 0 Å². The first-order chi connectivity index (χ1) is 13.9. The van der Waals surface area contributed by atoms with Gasteiger partial charge in [-0.2, -0.15) is 0 Å². The number of hydrogen-bond donors (Lipinski definition) is 2. The fourth-order valence-corrected chi connectivity index (χ4v) is 2.72. The van der Waals surface area contributed by atoms with Crippen LogP contribution in [-0.2, 0) is 6.54 Å². The molecule has 0 heterocycles. The zero-order valence-electron chi connectivity index (χ0n) is 18.0. The van der Waals surface area contributed by atoms with Crippen LogP contribution in [0.3, 0.4) is 0 Å². The van der Waals surface area contributed by atoms with Gasteiger partial charge in [-0.1, -0.05) is 38.1 Å². The minimum absolute atomic E-state index is 0.000770. The topological polar surface area (TPSA) is 66.0 Å². The van der Waals surface area contributed by atoms with Crippen molar-refractivity contribution in [2.75, 3.05) is 34.3 Å². The van der Waals surface area contributed by atoms with E-state index in [0.29, 0.717) is 37.1 Å². The number of hydrogen-bond acceptors (Lipinski definition) is 3. The van der Waals surface area contributed by atoms with Gasteiger partial charge in [0.1, 0.15) is 12.4 Å². The molecule has 0 saturated carbocycles. The highest BCUT2D eigenvalue weighted by atomic mass is 16.5. The van der Waals surface area contributed by atoms with Crippen molar-refractivity contribution in [1.29, 1.82) is 0 Å². The van der Waals surface area contributed by atoms with E-state index >= 15 is 0 Å². The van der Waals surface area contributed by atoms with Gasteiger partial charge in [-0.25, -0.2) is 0 Å². The zero-order chi connectivity index (χ0) is 21.2. The van der Waals surface area contributed by atoms with Crippen molar-refractivity contribution < 1.29 is 9.53 Å². The number of guanidine groups is 1. The van der Waals surface area contributed by atoms with E-state index in [0.717, 1.165) is 11.3 Å². The van der Waals surface area contributed by atoms with E-state index in [1.807, 2.05) is 36.4 Å². The van der Waals surface area contributed by atoms with Crippen LogP contribution in [-0.4, -0.2) is 51.1 Å². The number of benzene rings is 2. The molecule has 0 unspecified atom stereocenters. The highest BCUT2D eigenvalue weighted by Crippen LogP contribution is 2.18. The number of aliphatic imine (C=N–C) groups is 1. The average Bonchev–Trinajstić information content (AvgIpc) is 2.73. The van der Waals surface area contributed by atoms with Gasteiger partial charge < -0.3 is 20.3 Å². The lowest BCUT2D eigenvalue weighted by molar-refractivity contribution is 0.0827.